The van der Waals surface area contributed by atoms with E-state index in [0.29, 0.717) is 29.5 Å². The van der Waals surface area contributed by atoms with E-state index < -0.39 is 0 Å². The molecule has 0 aliphatic carbocycles. The van der Waals surface area contributed by atoms with E-state index in [0.717, 1.165) is 12.8 Å². The highest BCUT2D eigenvalue weighted by atomic mass is 35.5. The number of anilines is 1. The summed E-state index contributed by atoms with van der Waals surface area (Å²) in [6.45, 7) is 5.10. The van der Waals surface area contributed by atoms with Crippen molar-refractivity contribution in [1.82, 2.24) is 5.32 Å². The number of carbonyl (C=O) groups excluding carboxylic acids is 2. The van der Waals surface area contributed by atoms with Crippen LogP contribution in [-0.2, 0) is 9.59 Å². The molecule has 0 radical (unpaired) electrons. The lowest BCUT2D eigenvalue weighted by atomic mass is 10.1. The predicted octanol–water partition coefficient (Wildman–Crippen LogP) is 3.15. The van der Waals surface area contributed by atoms with E-state index in [1.807, 2.05) is 6.92 Å². The fraction of sp³-hybridized carbons (Fsp3) is 0.529. The number of carbonyl (C=O) groups is 2. The molecule has 0 unspecified atom stereocenters. The van der Waals surface area contributed by atoms with Crippen molar-refractivity contribution in [3.63, 3.8) is 0 Å². The summed E-state index contributed by atoms with van der Waals surface area (Å²) in [5.74, 6) is 0.475. The molecule has 0 bridgehead atoms. The van der Waals surface area contributed by atoms with Crippen molar-refractivity contribution in [1.29, 1.82) is 0 Å². The molecule has 1 N–H and O–H groups in total. The maximum absolute atomic E-state index is 12.5. The van der Waals surface area contributed by atoms with Crippen LogP contribution in [0.1, 0.15) is 39.5 Å². The molecule has 1 aromatic carbocycles. The normalized spacial score (nSPS) is 16.5. The van der Waals surface area contributed by atoms with E-state index in [4.69, 9.17) is 16.3 Å². The van der Waals surface area contributed by atoms with Crippen molar-refractivity contribution in [3.05, 3.63) is 23.2 Å². The van der Waals surface area contributed by atoms with Crippen LogP contribution < -0.4 is 15.0 Å². The van der Waals surface area contributed by atoms with Gasteiger partial charge in [-0.1, -0.05) is 24.9 Å². The van der Waals surface area contributed by atoms with Gasteiger partial charge in [-0.3, -0.25) is 9.59 Å². The average Bonchev–Trinajstić information content (AvgIpc) is 2.52. The van der Waals surface area contributed by atoms with Gasteiger partial charge in [0.25, 0.3) is 0 Å². The first-order valence-corrected chi connectivity index (χ1v) is 8.42. The van der Waals surface area contributed by atoms with Crippen LogP contribution in [0.2, 0.25) is 5.02 Å². The zero-order chi connectivity index (χ0) is 16.8. The average molecular weight is 339 g/mol. The first kappa shape index (κ1) is 17.6. The number of hydrogen-bond acceptors (Lipinski definition) is 3. The first-order valence-electron chi connectivity index (χ1n) is 8.04. The molecule has 6 heteroatoms. The van der Waals surface area contributed by atoms with Crippen LogP contribution in [0.15, 0.2) is 18.2 Å². The molecule has 0 saturated carbocycles. The summed E-state index contributed by atoms with van der Waals surface area (Å²) >= 11 is 6.02. The Morgan fingerprint density at radius 1 is 1.39 bits per heavy atom. The number of rotatable bonds is 6. The summed E-state index contributed by atoms with van der Waals surface area (Å²) in [7, 11) is 0. The number of halogens is 1. The molecule has 1 aliphatic heterocycles. The topological polar surface area (TPSA) is 58.6 Å². The highest BCUT2D eigenvalue weighted by Gasteiger charge is 2.27. The number of nitrogens with zero attached hydrogens (tertiary/aromatic N) is 1. The fourth-order valence-corrected chi connectivity index (χ4v) is 2.66. The van der Waals surface area contributed by atoms with Crippen molar-refractivity contribution in [2.75, 3.05) is 18.0 Å². The number of amides is 2. The molecule has 1 aliphatic rings. The Kier molecular flexibility index (Phi) is 6.28. The minimum absolute atomic E-state index is 0.0839. The SMILES string of the molecule is CCCCNC(=O)CCC(=O)N1C[C@@H](C)Oc2ccc(Cl)cc21. The lowest BCUT2D eigenvalue weighted by Gasteiger charge is -2.33. The van der Waals surface area contributed by atoms with Gasteiger partial charge in [0.2, 0.25) is 11.8 Å². The monoisotopic (exact) mass is 338 g/mol. The van der Waals surface area contributed by atoms with Gasteiger partial charge in [0.05, 0.1) is 12.2 Å². The van der Waals surface area contributed by atoms with Crippen LogP contribution in [0.25, 0.3) is 0 Å². The second kappa shape index (κ2) is 8.20. The zero-order valence-corrected chi connectivity index (χ0v) is 14.4. The Hall–Kier alpha value is -1.75. The Bertz CT molecular complexity index is 577. The molecule has 126 valence electrons. The van der Waals surface area contributed by atoms with Crippen molar-refractivity contribution >= 4 is 29.1 Å². The Labute approximate surface area is 141 Å². The smallest absolute Gasteiger partial charge is 0.227 e. The minimum atomic E-state index is -0.0917. The number of hydrogen-bond donors (Lipinski definition) is 1. The van der Waals surface area contributed by atoms with Crippen molar-refractivity contribution in [2.24, 2.45) is 0 Å². The lowest BCUT2D eigenvalue weighted by molar-refractivity contribution is -0.125. The standard InChI is InChI=1S/C17H23ClN2O3/c1-3-4-9-19-16(21)7-8-17(22)20-11-12(2)23-15-6-5-13(18)10-14(15)20/h5-6,10,12H,3-4,7-9,11H2,1-2H3,(H,19,21)/t12-/m1/s1. The number of unbranched alkanes of at least 4 members (excludes halogenated alkanes) is 1. The maximum Gasteiger partial charge on any atom is 0.227 e. The molecule has 5 nitrogen and oxygen atoms in total. The largest absolute Gasteiger partial charge is 0.487 e. The molecule has 1 heterocycles. The van der Waals surface area contributed by atoms with Crippen LogP contribution in [0.3, 0.4) is 0 Å². The van der Waals surface area contributed by atoms with E-state index in [1.165, 1.54) is 0 Å². The molecular weight excluding hydrogens is 316 g/mol. The van der Waals surface area contributed by atoms with Gasteiger partial charge in [-0.25, -0.2) is 0 Å². The van der Waals surface area contributed by atoms with Gasteiger partial charge in [0.15, 0.2) is 0 Å². The van der Waals surface area contributed by atoms with Crippen LogP contribution >= 0.6 is 11.6 Å². The third kappa shape index (κ3) is 4.86. The van der Waals surface area contributed by atoms with E-state index in [2.05, 4.69) is 12.2 Å². The first-order chi connectivity index (χ1) is 11.0. The van der Waals surface area contributed by atoms with Crippen molar-refractivity contribution in [2.45, 2.75) is 45.6 Å². The molecule has 1 aromatic rings. The predicted molar refractivity (Wildman–Crippen MR) is 91.0 cm³/mol. The zero-order valence-electron chi connectivity index (χ0n) is 13.6. The molecule has 23 heavy (non-hydrogen) atoms. The highest BCUT2D eigenvalue weighted by Crippen LogP contribution is 2.36. The van der Waals surface area contributed by atoms with Gasteiger partial charge in [0, 0.05) is 24.4 Å². The molecule has 0 aromatic heterocycles. The number of ether oxygens (including phenoxy) is 1. The van der Waals surface area contributed by atoms with Crippen LogP contribution in [-0.4, -0.2) is 31.0 Å². The molecule has 0 saturated heterocycles. The Morgan fingerprint density at radius 2 is 2.17 bits per heavy atom. The molecule has 1 atom stereocenters. The van der Waals surface area contributed by atoms with E-state index in [9.17, 15) is 9.59 Å². The quantitative estimate of drug-likeness (QED) is 0.811. The second-order valence-electron chi connectivity index (χ2n) is 5.75. The van der Waals surface area contributed by atoms with Gasteiger partial charge >= 0.3 is 0 Å². The van der Waals surface area contributed by atoms with Crippen LogP contribution in [0.5, 0.6) is 5.75 Å². The summed E-state index contributed by atoms with van der Waals surface area (Å²) < 4.78 is 5.73. The van der Waals surface area contributed by atoms with E-state index in [-0.39, 0.29) is 30.8 Å². The lowest BCUT2D eigenvalue weighted by Crippen LogP contribution is -2.42. The van der Waals surface area contributed by atoms with Crippen molar-refractivity contribution in [3.8, 4) is 5.75 Å². The summed E-state index contributed by atoms with van der Waals surface area (Å²) in [5, 5.41) is 3.38. The number of nitrogens with one attached hydrogen (secondary N) is 1. The second-order valence-corrected chi connectivity index (χ2v) is 6.18. The summed E-state index contributed by atoms with van der Waals surface area (Å²) in [5.41, 5.74) is 0.673. The Morgan fingerprint density at radius 3 is 2.91 bits per heavy atom. The highest BCUT2D eigenvalue weighted by molar-refractivity contribution is 6.31. The molecule has 2 amide bonds. The minimum Gasteiger partial charge on any atom is -0.487 e. The number of benzene rings is 1. The van der Waals surface area contributed by atoms with Crippen molar-refractivity contribution < 1.29 is 14.3 Å². The van der Waals surface area contributed by atoms with Crippen LogP contribution in [0, 0.1) is 0 Å². The number of fused-ring (bicyclic) bond motifs is 1. The van der Waals surface area contributed by atoms with E-state index >= 15 is 0 Å². The third-order valence-electron chi connectivity index (χ3n) is 3.70. The van der Waals surface area contributed by atoms with Gasteiger partial charge < -0.3 is 15.0 Å². The Balaban J connectivity index is 1.97. The molecule has 0 spiro atoms. The van der Waals surface area contributed by atoms with E-state index in [1.54, 1.807) is 23.1 Å². The molecular formula is C17H23ClN2O3. The molecule has 2 rings (SSSR count). The fourth-order valence-electron chi connectivity index (χ4n) is 2.50. The summed E-state index contributed by atoms with van der Waals surface area (Å²) in [6.07, 6.45) is 2.27. The molecule has 0 fully saturated rings. The summed E-state index contributed by atoms with van der Waals surface area (Å²) in [6, 6.07) is 5.23. The van der Waals surface area contributed by atoms with Gasteiger partial charge in [-0.05, 0) is 31.5 Å². The van der Waals surface area contributed by atoms with Crippen LogP contribution in [0.4, 0.5) is 5.69 Å². The third-order valence-corrected chi connectivity index (χ3v) is 3.93. The summed E-state index contributed by atoms with van der Waals surface area (Å²) in [4.78, 5) is 25.9. The maximum atomic E-state index is 12.5. The van der Waals surface area contributed by atoms with Gasteiger partial charge in [0.1, 0.15) is 11.9 Å². The van der Waals surface area contributed by atoms with Gasteiger partial charge in [-0.15, -0.1) is 0 Å². The van der Waals surface area contributed by atoms with Gasteiger partial charge in [-0.2, -0.15) is 0 Å².